The van der Waals surface area contributed by atoms with E-state index < -0.39 is 80.2 Å². The second kappa shape index (κ2) is 11.4. The zero-order valence-corrected chi connectivity index (χ0v) is 21.5. The van der Waals surface area contributed by atoms with Gasteiger partial charge in [-0.3, -0.25) is 9.52 Å². The fourth-order valence-corrected chi connectivity index (χ4v) is 5.07. The minimum atomic E-state index is -5.05. The maximum absolute atomic E-state index is 14.3. The molecule has 0 spiro atoms. The van der Waals surface area contributed by atoms with Gasteiger partial charge in [-0.2, -0.15) is 0 Å². The number of carboxylic acids is 1. The van der Waals surface area contributed by atoms with Crippen LogP contribution in [0.1, 0.15) is 21.5 Å². The van der Waals surface area contributed by atoms with Crippen LogP contribution in [0, 0.1) is 23.3 Å². The van der Waals surface area contributed by atoms with Crippen LogP contribution in [0.3, 0.4) is 0 Å². The van der Waals surface area contributed by atoms with Gasteiger partial charge in [0.2, 0.25) is 15.9 Å². The predicted molar refractivity (Wildman–Crippen MR) is 139 cm³/mol. The van der Waals surface area contributed by atoms with E-state index >= 15 is 0 Å². The van der Waals surface area contributed by atoms with Crippen molar-refractivity contribution in [3.63, 3.8) is 0 Å². The number of carbonyl (C=O) groups excluding carboxylic acids is 1. The Morgan fingerprint density at radius 2 is 1.49 bits per heavy atom. The third kappa shape index (κ3) is 6.06. The van der Waals surface area contributed by atoms with Crippen molar-refractivity contribution >= 4 is 44.0 Å². The summed E-state index contributed by atoms with van der Waals surface area (Å²) in [5.74, 6) is -13.7. The monoisotopic (exact) mass is 594 g/mol. The average Bonchev–Trinajstić information content (AvgIpc) is 2.92. The molecule has 0 radical (unpaired) electrons. The van der Waals surface area contributed by atoms with Gasteiger partial charge in [0.15, 0.2) is 23.3 Å². The normalized spacial score (nSPS) is 11.4. The number of anilines is 2. The number of fused-ring (bicyclic) bond motifs is 1. The second-order valence-corrected chi connectivity index (χ2v) is 10.5. The number of hydrogen-bond donors (Lipinski definition) is 3. The Bertz CT molecular complexity index is 1770. The maximum Gasteiger partial charge on any atom is 0.339 e. The second-order valence-electron chi connectivity index (χ2n) is 8.77. The van der Waals surface area contributed by atoms with E-state index in [1.807, 2.05) is 6.07 Å². The Hall–Kier alpha value is -4.72. The van der Waals surface area contributed by atoms with E-state index in [0.717, 1.165) is 33.9 Å². The Kier molecular flexibility index (Phi) is 8.14. The van der Waals surface area contributed by atoms with Crippen LogP contribution >= 0.6 is 0 Å². The minimum absolute atomic E-state index is 0.136. The number of hydrogen-bond acceptors (Lipinski definition) is 5. The summed E-state index contributed by atoms with van der Waals surface area (Å²) in [6.45, 7) is -2.21. The topological polar surface area (TPSA) is 124 Å². The predicted octanol–water partition coefficient (Wildman–Crippen LogP) is 5.24. The Labute approximate surface area is 229 Å². The van der Waals surface area contributed by atoms with Gasteiger partial charge in [-0.1, -0.05) is 36.4 Å². The van der Waals surface area contributed by atoms with Crippen molar-refractivity contribution in [2.75, 3.05) is 15.4 Å². The maximum atomic E-state index is 14.3. The molecule has 0 fully saturated rings. The highest BCUT2D eigenvalue weighted by atomic mass is 32.2. The first-order valence-electron chi connectivity index (χ1n) is 11.6. The summed E-state index contributed by atoms with van der Waals surface area (Å²) in [6, 6.07) is 15.2. The fraction of sp³-hybridized carbons (Fsp3) is 0.111. The number of rotatable bonds is 9. The molecule has 4 rings (SSSR count). The first-order chi connectivity index (χ1) is 19.3. The van der Waals surface area contributed by atoms with Gasteiger partial charge in [-0.25, -0.2) is 35.2 Å². The molecule has 3 N–H and O–H groups in total. The van der Waals surface area contributed by atoms with E-state index in [1.165, 1.54) is 4.72 Å². The van der Waals surface area contributed by atoms with Gasteiger partial charge >= 0.3 is 5.97 Å². The Balaban J connectivity index is 1.70. The molecule has 0 saturated heterocycles. The van der Waals surface area contributed by atoms with E-state index in [9.17, 15) is 50.2 Å². The fourth-order valence-electron chi connectivity index (χ4n) is 4.03. The number of alkyl halides is 1. The smallest absolute Gasteiger partial charge is 0.339 e. The minimum Gasteiger partial charge on any atom is -0.507 e. The standard InChI is InChI=1S/C27H19F5N2O6S/c28-11-19-22(29)24(31)26(25(32)23(19)30)33-41(39,40)13-21(36)34(17-7-8-18(27(37)38)20(35)10-17)12-14-5-6-15-3-1-2-4-16(15)9-14/h1-10,33,35H,11-13H2,(H,37,38). The van der Waals surface area contributed by atoms with Gasteiger partial charge in [-0.05, 0) is 34.5 Å². The van der Waals surface area contributed by atoms with Crippen molar-refractivity contribution in [3.05, 3.63) is 101 Å². The van der Waals surface area contributed by atoms with Gasteiger partial charge in [0.05, 0.1) is 12.1 Å². The highest BCUT2D eigenvalue weighted by Gasteiger charge is 2.30. The Morgan fingerprint density at radius 3 is 2.07 bits per heavy atom. The summed E-state index contributed by atoms with van der Waals surface area (Å²) in [6.07, 6.45) is 0. The lowest BCUT2D eigenvalue weighted by atomic mass is 10.1. The number of aromatic carboxylic acids is 1. The highest BCUT2D eigenvalue weighted by molar-refractivity contribution is 7.93. The molecule has 1 amide bonds. The zero-order valence-electron chi connectivity index (χ0n) is 20.7. The summed E-state index contributed by atoms with van der Waals surface area (Å²) >= 11 is 0. The van der Waals surface area contributed by atoms with E-state index in [4.69, 9.17) is 0 Å². The lowest BCUT2D eigenvalue weighted by molar-refractivity contribution is -0.116. The number of nitrogens with zero attached hydrogens (tertiary/aromatic N) is 1. The lowest BCUT2D eigenvalue weighted by Crippen LogP contribution is -2.37. The lowest BCUT2D eigenvalue weighted by Gasteiger charge is -2.24. The number of carboxylic acid groups (broad SMARTS) is 1. The van der Waals surface area contributed by atoms with Crippen molar-refractivity contribution in [1.82, 2.24) is 0 Å². The molecular formula is C27H19F5N2O6S. The number of halogens is 5. The number of phenols is 1. The average molecular weight is 595 g/mol. The third-order valence-corrected chi connectivity index (χ3v) is 7.18. The molecule has 0 bridgehead atoms. The summed E-state index contributed by atoms with van der Waals surface area (Å²) < 4.78 is 96.1. The molecule has 8 nitrogen and oxygen atoms in total. The van der Waals surface area contributed by atoms with Gasteiger partial charge < -0.3 is 15.1 Å². The molecule has 0 aliphatic rings. The summed E-state index contributed by atoms with van der Waals surface area (Å²) in [7, 11) is -5.05. The highest BCUT2D eigenvalue weighted by Crippen LogP contribution is 2.31. The van der Waals surface area contributed by atoms with E-state index in [0.29, 0.717) is 5.56 Å². The summed E-state index contributed by atoms with van der Waals surface area (Å²) in [4.78, 5) is 25.4. The SMILES string of the molecule is O=C(O)c1ccc(N(Cc2ccc3ccccc3c2)C(=O)CS(=O)(=O)Nc2c(F)c(F)c(CF)c(F)c2F)cc1O. The van der Waals surface area contributed by atoms with Crippen molar-refractivity contribution in [2.45, 2.75) is 13.2 Å². The molecule has 14 heteroatoms. The third-order valence-electron chi connectivity index (χ3n) is 6.04. The molecule has 0 heterocycles. The van der Waals surface area contributed by atoms with Crippen molar-refractivity contribution in [3.8, 4) is 5.75 Å². The number of sulfonamides is 1. The first-order valence-corrected chi connectivity index (χ1v) is 13.2. The van der Waals surface area contributed by atoms with Crippen LogP contribution in [-0.4, -0.2) is 36.3 Å². The number of carbonyl (C=O) groups is 2. The van der Waals surface area contributed by atoms with Crippen LogP contribution in [0.4, 0.5) is 33.3 Å². The molecule has 41 heavy (non-hydrogen) atoms. The zero-order chi connectivity index (χ0) is 30.1. The van der Waals surface area contributed by atoms with E-state index in [1.54, 1.807) is 36.4 Å². The van der Waals surface area contributed by atoms with Gasteiger partial charge in [-0.15, -0.1) is 0 Å². The molecular weight excluding hydrogens is 575 g/mol. The van der Waals surface area contributed by atoms with E-state index in [2.05, 4.69) is 0 Å². The number of aromatic hydroxyl groups is 1. The Morgan fingerprint density at radius 1 is 0.854 bits per heavy atom. The van der Waals surface area contributed by atoms with Gasteiger partial charge in [0.25, 0.3) is 0 Å². The molecule has 0 unspecified atom stereocenters. The molecule has 0 atom stereocenters. The molecule has 0 aliphatic carbocycles. The molecule has 4 aromatic rings. The summed E-state index contributed by atoms with van der Waals surface area (Å²) in [5, 5.41) is 21.0. The van der Waals surface area contributed by atoms with E-state index in [-0.39, 0.29) is 12.2 Å². The van der Waals surface area contributed by atoms with Crippen LogP contribution in [0.15, 0.2) is 60.7 Å². The van der Waals surface area contributed by atoms with Crippen LogP contribution in [0.5, 0.6) is 5.75 Å². The largest absolute Gasteiger partial charge is 0.507 e. The van der Waals surface area contributed by atoms with Crippen LogP contribution in [-0.2, 0) is 28.0 Å². The van der Waals surface area contributed by atoms with Crippen LogP contribution in [0.2, 0.25) is 0 Å². The van der Waals surface area contributed by atoms with Crippen molar-refractivity contribution < 1.29 is 50.2 Å². The van der Waals surface area contributed by atoms with Crippen molar-refractivity contribution in [2.24, 2.45) is 0 Å². The molecule has 0 aliphatic heterocycles. The number of nitrogens with one attached hydrogen (secondary N) is 1. The molecule has 0 saturated carbocycles. The molecule has 214 valence electrons. The van der Waals surface area contributed by atoms with Gasteiger partial charge in [0, 0.05) is 11.8 Å². The number of benzene rings is 4. The molecule has 4 aromatic carbocycles. The number of amides is 1. The van der Waals surface area contributed by atoms with Crippen molar-refractivity contribution in [1.29, 1.82) is 0 Å². The molecule has 0 aromatic heterocycles. The van der Waals surface area contributed by atoms with Crippen LogP contribution < -0.4 is 9.62 Å². The summed E-state index contributed by atoms with van der Waals surface area (Å²) in [5.41, 5.74) is -3.53. The quantitative estimate of drug-likeness (QED) is 0.180. The first kappa shape index (κ1) is 29.3. The van der Waals surface area contributed by atoms with Gasteiger partial charge in [0.1, 0.15) is 29.4 Å². The van der Waals surface area contributed by atoms with Crippen LogP contribution in [0.25, 0.3) is 10.8 Å².